The molecular formula is C33H33N3O5S. The molecule has 1 unspecified atom stereocenters. The van der Waals surface area contributed by atoms with Gasteiger partial charge < -0.3 is 15.4 Å². The molecule has 0 saturated heterocycles. The van der Waals surface area contributed by atoms with Crippen molar-refractivity contribution in [3.05, 3.63) is 114 Å². The fraction of sp³-hybridized carbons (Fsp3) is 0.212. The van der Waals surface area contributed by atoms with Crippen LogP contribution in [0.3, 0.4) is 0 Å². The van der Waals surface area contributed by atoms with E-state index in [9.17, 15) is 18.0 Å². The first-order chi connectivity index (χ1) is 19.9. The van der Waals surface area contributed by atoms with Crippen molar-refractivity contribution >= 4 is 38.9 Å². The number of amides is 2. The number of hydrogen-bond donors (Lipinski definition) is 2. The first-order valence-electron chi connectivity index (χ1n) is 13.6. The fourth-order valence-electron chi connectivity index (χ4n) is 4.63. The number of rotatable bonds is 6. The van der Waals surface area contributed by atoms with E-state index >= 15 is 0 Å². The topological polar surface area (TPSA) is 105 Å². The molecule has 9 heteroatoms. The molecule has 1 heterocycles. The Hall–Kier alpha value is -4.63. The molecule has 5 rings (SSSR count). The van der Waals surface area contributed by atoms with Crippen LogP contribution >= 0.6 is 0 Å². The lowest BCUT2D eigenvalue weighted by Gasteiger charge is -2.34. The Kier molecular flexibility index (Phi) is 7.79. The second kappa shape index (κ2) is 11.3. The Morgan fingerprint density at radius 1 is 0.833 bits per heavy atom. The van der Waals surface area contributed by atoms with Crippen molar-refractivity contribution in [1.82, 2.24) is 0 Å². The zero-order valence-electron chi connectivity index (χ0n) is 23.9. The minimum Gasteiger partial charge on any atom is -0.476 e. The number of para-hydroxylation sites is 2. The van der Waals surface area contributed by atoms with Gasteiger partial charge in [-0.3, -0.25) is 13.9 Å². The Balaban J connectivity index is 1.32. The van der Waals surface area contributed by atoms with Crippen molar-refractivity contribution < 1.29 is 22.7 Å². The third-order valence-electron chi connectivity index (χ3n) is 7.04. The molecule has 216 valence electrons. The van der Waals surface area contributed by atoms with Crippen molar-refractivity contribution in [2.24, 2.45) is 0 Å². The normalized spacial score (nSPS) is 14.9. The highest BCUT2D eigenvalue weighted by molar-refractivity contribution is 7.92. The second-order valence-electron chi connectivity index (χ2n) is 11.3. The summed E-state index contributed by atoms with van der Waals surface area (Å²) in [6.07, 6.45) is -1.11. The minimum atomic E-state index is -3.96. The average molecular weight is 584 g/mol. The molecule has 42 heavy (non-hydrogen) atoms. The molecule has 4 aromatic carbocycles. The van der Waals surface area contributed by atoms with Gasteiger partial charge in [-0.2, -0.15) is 0 Å². The minimum absolute atomic E-state index is 0.0203. The number of hydrogen-bond acceptors (Lipinski definition) is 5. The number of nitrogens with zero attached hydrogens (tertiary/aromatic N) is 1. The van der Waals surface area contributed by atoms with Crippen LogP contribution in [0, 0.1) is 6.92 Å². The molecule has 0 saturated carbocycles. The van der Waals surface area contributed by atoms with Crippen molar-refractivity contribution in [1.29, 1.82) is 0 Å². The Bertz CT molecular complexity index is 1730. The monoisotopic (exact) mass is 583 g/mol. The van der Waals surface area contributed by atoms with Gasteiger partial charge >= 0.3 is 0 Å². The number of anilines is 3. The molecule has 0 bridgehead atoms. The molecule has 1 aliphatic heterocycles. The van der Waals surface area contributed by atoms with Gasteiger partial charge in [0.2, 0.25) is 0 Å². The summed E-state index contributed by atoms with van der Waals surface area (Å²) < 4.78 is 34.4. The standard InChI is InChI=1S/C33H33N3O5S/c1-22-12-18-27(19-13-22)42(39,40)36-21-30(41-29-11-6-5-10-28(29)36)32(38)35-26-9-7-8-25(20-26)34-31(37)23-14-16-24(17-15-23)33(2,3)4/h5-20,30H,21H2,1-4H3,(H,34,37)(H,35,38). The van der Waals surface area contributed by atoms with E-state index in [1.165, 1.54) is 4.31 Å². The number of carbonyl (C=O) groups is 2. The number of ether oxygens (including phenoxy) is 1. The molecule has 4 aromatic rings. The molecule has 2 N–H and O–H groups in total. The zero-order chi connectivity index (χ0) is 30.1. The van der Waals surface area contributed by atoms with Crippen LogP contribution in [0.4, 0.5) is 17.1 Å². The molecule has 0 radical (unpaired) electrons. The Morgan fingerprint density at radius 3 is 2.14 bits per heavy atom. The number of fused-ring (bicyclic) bond motifs is 1. The summed E-state index contributed by atoms with van der Waals surface area (Å²) in [4.78, 5) is 26.3. The van der Waals surface area contributed by atoms with Gasteiger partial charge in [0.25, 0.3) is 21.8 Å². The van der Waals surface area contributed by atoms with Crippen molar-refractivity contribution in [3.8, 4) is 5.75 Å². The van der Waals surface area contributed by atoms with Gasteiger partial charge in [0.15, 0.2) is 6.10 Å². The summed E-state index contributed by atoms with van der Waals surface area (Å²) in [7, 11) is -3.96. The van der Waals surface area contributed by atoms with Gasteiger partial charge in [-0.25, -0.2) is 8.42 Å². The smallest absolute Gasteiger partial charge is 0.267 e. The molecule has 0 aliphatic carbocycles. The second-order valence-corrected chi connectivity index (χ2v) is 13.1. The predicted molar refractivity (Wildman–Crippen MR) is 165 cm³/mol. The fourth-order valence-corrected chi connectivity index (χ4v) is 6.10. The predicted octanol–water partition coefficient (Wildman–Crippen LogP) is 6.14. The largest absolute Gasteiger partial charge is 0.476 e. The van der Waals surface area contributed by atoms with E-state index in [1.807, 2.05) is 19.1 Å². The lowest BCUT2D eigenvalue weighted by Crippen LogP contribution is -2.48. The van der Waals surface area contributed by atoms with Crippen LogP contribution < -0.4 is 19.7 Å². The van der Waals surface area contributed by atoms with Crippen molar-refractivity contribution in [2.75, 3.05) is 21.5 Å². The Morgan fingerprint density at radius 2 is 1.48 bits per heavy atom. The van der Waals surface area contributed by atoms with Crippen LogP contribution in [0.1, 0.15) is 42.3 Å². The highest BCUT2D eigenvalue weighted by Gasteiger charge is 2.37. The highest BCUT2D eigenvalue weighted by atomic mass is 32.2. The van der Waals surface area contributed by atoms with Crippen molar-refractivity contribution in [2.45, 2.75) is 44.1 Å². The van der Waals surface area contributed by atoms with Gasteiger partial charge in [0.1, 0.15) is 5.75 Å². The van der Waals surface area contributed by atoms with Gasteiger partial charge in [-0.1, -0.05) is 68.8 Å². The van der Waals surface area contributed by atoms with Gasteiger partial charge in [0.05, 0.1) is 17.1 Å². The third-order valence-corrected chi connectivity index (χ3v) is 8.83. The van der Waals surface area contributed by atoms with E-state index in [1.54, 1.807) is 84.9 Å². The van der Waals surface area contributed by atoms with Gasteiger partial charge in [-0.05, 0) is 72.5 Å². The summed E-state index contributed by atoms with van der Waals surface area (Å²) in [5.41, 5.74) is 3.84. The number of sulfonamides is 1. The first-order valence-corrected chi connectivity index (χ1v) is 15.0. The molecular weight excluding hydrogens is 550 g/mol. The van der Waals surface area contributed by atoms with E-state index in [0.717, 1.165) is 11.1 Å². The Labute approximate surface area is 246 Å². The average Bonchev–Trinajstić information content (AvgIpc) is 2.96. The van der Waals surface area contributed by atoms with Crippen LogP contribution in [0.15, 0.2) is 102 Å². The molecule has 2 amide bonds. The number of nitrogens with one attached hydrogen (secondary N) is 2. The quantitative estimate of drug-likeness (QED) is 0.284. The van der Waals surface area contributed by atoms with E-state index in [0.29, 0.717) is 22.6 Å². The van der Waals surface area contributed by atoms with Crippen LogP contribution in [-0.4, -0.2) is 32.9 Å². The number of carbonyl (C=O) groups excluding carboxylic acids is 2. The molecule has 0 spiro atoms. The van der Waals surface area contributed by atoms with E-state index in [2.05, 4.69) is 31.4 Å². The zero-order valence-corrected chi connectivity index (χ0v) is 24.7. The molecule has 1 aliphatic rings. The van der Waals surface area contributed by atoms with E-state index < -0.39 is 22.0 Å². The van der Waals surface area contributed by atoms with E-state index in [-0.39, 0.29) is 28.5 Å². The van der Waals surface area contributed by atoms with Crippen molar-refractivity contribution in [3.63, 3.8) is 0 Å². The summed E-state index contributed by atoms with van der Waals surface area (Å²) in [5, 5.41) is 5.67. The lowest BCUT2D eigenvalue weighted by molar-refractivity contribution is -0.122. The SMILES string of the molecule is Cc1ccc(S(=O)(=O)N2CC(C(=O)Nc3cccc(NC(=O)c4ccc(C(C)(C)C)cc4)c3)Oc3ccccc32)cc1. The molecule has 8 nitrogen and oxygen atoms in total. The van der Waals surface area contributed by atoms with Gasteiger partial charge in [0, 0.05) is 16.9 Å². The third kappa shape index (κ3) is 6.16. The maximum absolute atomic E-state index is 13.6. The van der Waals surface area contributed by atoms with Crippen LogP contribution in [-0.2, 0) is 20.2 Å². The van der Waals surface area contributed by atoms with Crippen LogP contribution in [0.2, 0.25) is 0 Å². The lowest BCUT2D eigenvalue weighted by atomic mass is 9.87. The van der Waals surface area contributed by atoms with Crippen LogP contribution in [0.25, 0.3) is 0 Å². The summed E-state index contributed by atoms with van der Waals surface area (Å²) >= 11 is 0. The maximum Gasteiger partial charge on any atom is 0.267 e. The summed E-state index contributed by atoms with van der Waals surface area (Å²) in [6.45, 7) is 8.00. The number of benzene rings is 4. The summed E-state index contributed by atoms with van der Waals surface area (Å²) in [6, 6.07) is 27.5. The maximum atomic E-state index is 13.6. The highest BCUT2D eigenvalue weighted by Crippen LogP contribution is 2.37. The first kappa shape index (κ1) is 28.9. The van der Waals surface area contributed by atoms with Crippen LogP contribution in [0.5, 0.6) is 5.75 Å². The number of aryl methyl sites for hydroxylation is 1. The molecule has 0 fully saturated rings. The molecule has 1 atom stereocenters. The molecule has 0 aromatic heterocycles. The van der Waals surface area contributed by atoms with Gasteiger partial charge in [-0.15, -0.1) is 0 Å². The van der Waals surface area contributed by atoms with E-state index in [4.69, 9.17) is 4.74 Å². The summed E-state index contributed by atoms with van der Waals surface area (Å²) in [5.74, 6) is -0.504.